The van der Waals surface area contributed by atoms with E-state index in [9.17, 15) is 4.79 Å². The Hall–Kier alpha value is -0.520. The van der Waals surface area contributed by atoms with Crippen molar-refractivity contribution in [3.63, 3.8) is 0 Å². The maximum absolute atomic E-state index is 12.2. The van der Waals surface area contributed by atoms with Crippen molar-refractivity contribution in [3.8, 4) is 0 Å². The summed E-state index contributed by atoms with van der Waals surface area (Å²) >= 11 is 3.23. The van der Waals surface area contributed by atoms with Gasteiger partial charge in [0.25, 0.3) is 5.91 Å². The van der Waals surface area contributed by atoms with E-state index in [1.165, 1.54) is 6.42 Å². The Balaban J connectivity index is 0.00000133. The van der Waals surface area contributed by atoms with Crippen LogP contribution in [-0.2, 0) is 0 Å². The molecule has 0 unspecified atom stereocenters. The van der Waals surface area contributed by atoms with Gasteiger partial charge in [-0.15, -0.1) is 12.4 Å². The lowest BCUT2D eigenvalue weighted by atomic mass is 9.78. The minimum atomic E-state index is 0. The molecule has 1 aromatic rings. The summed E-state index contributed by atoms with van der Waals surface area (Å²) in [5, 5.41) is 3.43. The van der Waals surface area contributed by atoms with Gasteiger partial charge >= 0.3 is 0 Å². The van der Waals surface area contributed by atoms with Gasteiger partial charge in [0.1, 0.15) is 0 Å². The van der Waals surface area contributed by atoms with Crippen LogP contribution < -0.4 is 5.32 Å². The first-order chi connectivity index (χ1) is 8.69. The number of halogens is 2. The summed E-state index contributed by atoms with van der Waals surface area (Å²) in [6, 6.07) is 3.49. The average molecular weight is 350 g/mol. The van der Waals surface area contributed by atoms with Crippen LogP contribution in [0.2, 0.25) is 0 Å². The number of hydrogen-bond acceptors (Lipinski definition) is 3. The maximum Gasteiger partial charge on any atom is 0.289 e. The lowest BCUT2D eigenvalue weighted by molar-refractivity contribution is 0.0576. The minimum Gasteiger partial charge on any atom is -0.444 e. The van der Waals surface area contributed by atoms with Crippen molar-refractivity contribution in [3.05, 3.63) is 22.6 Å². The predicted octanol–water partition coefficient (Wildman–Crippen LogP) is 2.68. The third-order valence-corrected chi connectivity index (χ3v) is 4.65. The van der Waals surface area contributed by atoms with E-state index in [2.05, 4.69) is 21.2 Å². The van der Waals surface area contributed by atoms with Crippen molar-refractivity contribution in [1.29, 1.82) is 0 Å². The number of nitrogens with one attached hydrogen (secondary N) is 1. The molecule has 6 heteroatoms. The van der Waals surface area contributed by atoms with E-state index in [1.807, 2.05) is 4.90 Å². The number of piperidine rings is 1. The van der Waals surface area contributed by atoms with E-state index in [1.54, 1.807) is 12.1 Å². The lowest BCUT2D eigenvalue weighted by Gasteiger charge is -2.38. The maximum atomic E-state index is 12.2. The highest BCUT2D eigenvalue weighted by Crippen LogP contribution is 2.37. The number of amides is 1. The normalized spacial score (nSPS) is 21.4. The van der Waals surface area contributed by atoms with E-state index in [0.29, 0.717) is 15.8 Å². The number of carbonyl (C=O) groups excluding carboxylic acids is 1. The zero-order chi connectivity index (χ0) is 12.6. The molecule has 2 fully saturated rings. The molecule has 0 aromatic carbocycles. The van der Waals surface area contributed by atoms with Crippen molar-refractivity contribution in [2.75, 3.05) is 26.2 Å². The van der Waals surface area contributed by atoms with E-state index in [4.69, 9.17) is 4.42 Å². The number of carbonyl (C=O) groups is 1. The van der Waals surface area contributed by atoms with Gasteiger partial charge in [0.05, 0.1) is 0 Å². The van der Waals surface area contributed by atoms with E-state index < -0.39 is 0 Å². The Labute approximate surface area is 127 Å². The number of nitrogens with zero attached hydrogens (tertiary/aromatic N) is 1. The third kappa shape index (κ3) is 2.98. The van der Waals surface area contributed by atoms with Crippen LogP contribution in [0.3, 0.4) is 0 Å². The zero-order valence-electron chi connectivity index (χ0n) is 10.7. The minimum absolute atomic E-state index is 0. The molecular formula is C13H18BrClN2O2. The Morgan fingerprint density at radius 3 is 2.58 bits per heavy atom. The highest BCUT2D eigenvalue weighted by Gasteiger charge is 2.38. The number of rotatable bonds is 1. The van der Waals surface area contributed by atoms with Crippen molar-refractivity contribution >= 4 is 34.2 Å². The fourth-order valence-corrected chi connectivity index (χ4v) is 3.30. The third-order valence-electron chi connectivity index (χ3n) is 4.23. The van der Waals surface area contributed by atoms with Gasteiger partial charge in [-0.1, -0.05) is 0 Å². The summed E-state index contributed by atoms with van der Waals surface area (Å²) in [5.41, 5.74) is 0.445. The quantitative estimate of drug-likeness (QED) is 0.848. The fraction of sp³-hybridized carbons (Fsp3) is 0.615. The first kappa shape index (κ1) is 14.9. The largest absolute Gasteiger partial charge is 0.444 e. The second kappa shape index (κ2) is 5.85. The topological polar surface area (TPSA) is 45.5 Å². The molecule has 2 aliphatic heterocycles. The van der Waals surface area contributed by atoms with Crippen LogP contribution in [0.1, 0.15) is 29.8 Å². The SMILES string of the molecule is Cl.O=C(c1ccc(Br)o1)N1CCC2(CCNC2)CC1. The van der Waals surface area contributed by atoms with E-state index in [0.717, 1.165) is 39.0 Å². The number of furan rings is 1. The molecule has 0 bridgehead atoms. The van der Waals surface area contributed by atoms with Crippen LogP contribution in [-0.4, -0.2) is 37.0 Å². The second-order valence-corrected chi connectivity index (χ2v) is 6.10. The van der Waals surface area contributed by atoms with Crippen molar-refractivity contribution in [1.82, 2.24) is 10.2 Å². The molecular weight excluding hydrogens is 332 g/mol. The molecule has 1 spiro atoms. The monoisotopic (exact) mass is 348 g/mol. The van der Waals surface area contributed by atoms with Gasteiger partial charge in [0.15, 0.2) is 10.4 Å². The van der Waals surface area contributed by atoms with Gasteiger partial charge in [0.2, 0.25) is 0 Å². The Bertz CT molecular complexity index is 447. The van der Waals surface area contributed by atoms with E-state index in [-0.39, 0.29) is 18.3 Å². The summed E-state index contributed by atoms with van der Waals surface area (Å²) in [5.74, 6) is 0.448. The smallest absolute Gasteiger partial charge is 0.289 e. The standard InChI is InChI=1S/C13H17BrN2O2.ClH/c14-11-2-1-10(18-11)12(17)16-7-4-13(5-8-16)3-6-15-9-13;/h1-2,15H,3-9H2;1H. The van der Waals surface area contributed by atoms with Gasteiger partial charge in [-0.2, -0.15) is 0 Å². The van der Waals surface area contributed by atoms with Gasteiger partial charge in [-0.3, -0.25) is 4.79 Å². The first-order valence-electron chi connectivity index (χ1n) is 6.44. The van der Waals surface area contributed by atoms with Crippen LogP contribution >= 0.6 is 28.3 Å². The second-order valence-electron chi connectivity index (χ2n) is 5.32. The Morgan fingerprint density at radius 2 is 2.05 bits per heavy atom. The number of hydrogen-bond donors (Lipinski definition) is 1. The fourth-order valence-electron chi connectivity index (χ4n) is 2.99. The van der Waals surface area contributed by atoms with Crippen LogP contribution in [0, 0.1) is 5.41 Å². The summed E-state index contributed by atoms with van der Waals surface area (Å²) < 4.78 is 5.94. The molecule has 106 valence electrons. The molecule has 0 atom stereocenters. The van der Waals surface area contributed by atoms with Gasteiger partial charge in [0, 0.05) is 19.6 Å². The van der Waals surface area contributed by atoms with Crippen LogP contribution in [0.15, 0.2) is 21.2 Å². The first-order valence-corrected chi connectivity index (χ1v) is 7.23. The van der Waals surface area contributed by atoms with Gasteiger partial charge in [-0.25, -0.2) is 0 Å². The molecule has 4 nitrogen and oxygen atoms in total. The molecule has 0 aliphatic carbocycles. The van der Waals surface area contributed by atoms with Crippen molar-refractivity contribution in [2.24, 2.45) is 5.41 Å². The van der Waals surface area contributed by atoms with Gasteiger partial charge in [-0.05, 0) is 59.3 Å². The molecule has 1 N–H and O–H groups in total. The highest BCUT2D eigenvalue weighted by atomic mass is 79.9. The molecule has 3 heterocycles. The molecule has 0 saturated carbocycles. The van der Waals surface area contributed by atoms with Crippen molar-refractivity contribution < 1.29 is 9.21 Å². The van der Waals surface area contributed by atoms with Crippen LogP contribution in [0.4, 0.5) is 0 Å². The van der Waals surface area contributed by atoms with Crippen LogP contribution in [0.25, 0.3) is 0 Å². The summed E-state index contributed by atoms with van der Waals surface area (Å²) in [7, 11) is 0. The molecule has 0 radical (unpaired) electrons. The number of likely N-dealkylation sites (tertiary alicyclic amines) is 1. The molecule has 3 rings (SSSR count). The molecule has 1 amide bonds. The van der Waals surface area contributed by atoms with E-state index >= 15 is 0 Å². The predicted molar refractivity (Wildman–Crippen MR) is 78.7 cm³/mol. The molecule has 19 heavy (non-hydrogen) atoms. The molecule has 2 aliphatic rings. The van der Waals surface area contributed by atoms with Gasteiger partial charge < -0.3 is 14.6 Å². The average Bonchev–Trinajstić information content (AvgIpc) is 3.00. The summed E-state index contributed by atoms with van der Waals surface area (Å²) in [6.45, 7) is 3.93. The highest BCUT2D eigenvalue weighted by molar-refractivity contribution is 9.10. The summed E-state index contributed by atoms with van der Waals surface area (Å²) in [6.07, 6.45) is 3.46. The lowest BCUT2D eigenvalue weighted by Crippen LogP contribution is -2.43. The van der Waals surface area contributed by atoms with Crippen molar-refractivity contribution in [2.45, 2.75) is 19.3 Å². The Morgan fingerprint density at radius 1 is 1.32 bits per heavy atom. The summed E-state index contributed by atoms with van der Waals surface area (Å²) in [4.78, 5) is 14.1. The molecule has 2 saturated heterocycles. The van der Waals surface area contributed by atoms with Crippen LogP contribution in [0.5, 0.6) is 0 Å². The zero-order valence-corrected chi connectivity index (χ0v) is 13.1. The molecule has 1 aromatic heterocycles. The Kier molecular flexibility index (Phi) is 4.58.